The smallest absolute Gasteiger partial charge is 0.0366 e. The SMILES string of the molecule is CCC(C)CN(C)c1ccc(CNC)c(C)c1. The molecule has 96 valence electrons. The van der Waals surface area contributed by atoms with Gasteiger partial charge >= 0.3 is 0 Å². The zero-order valence-electron chi connectivity index (χ0n) is 11.9. The summed E-state index contributed by atoms with van der Waals surface area (Å²) in [7, 11) is 4.17. The molecule has 0 aliphatic rings. The summed E-state index contributed by atoms with van der Waals surface area (Å²) in [5.74, 6) is 0.747. The zero-order chi connectivity index (χ0) is 12.8. The van der Waals surface area contributed by atoms with Crippen LogP contribution in [0.2, 0.25) is 0 Å². The maximum Gasteiger partial charge on any atom is 0.0366 e. The second-order valence-electron chi connectivity index (χ2n) is 5.04. The predicted octanol–water partition coefficient (Wildman–Crippen LogP) is 3.20. The van der Waals surface area contributed by atoms with Gasteiger partial charge in [-0.3, -0.25) is 0 Å². The highest BCUT2D eigenvalue weighted by Gasteiger charge is 2.07. The number of aryl methyl sites for hydroxylation is 1. The molecule has 0 aromatic heterocycles. The molecular formula is C15H26N2. The van der Waals surface area contributed by atoms with Crippen molar-refractivity contribution >= 4 is 5.69 Å². The topological polar surface area (TPSA) is 15.3 Å². The highest BCUT2D eigenvalue weighted by Crippen LogP contribution is 2.19. The van der Waals surface area contributed by atoms with E-state index in [2.05, 4.69) is 56.2 Å². The van der Waals surface area contributed by atoms with Crippen LogP contribution in [0.1, 0.15) is 31.4 Å². The maximum atomic E-state index is 3.20. The van der Waals surface area contributed by atoms with E-state index in [9.17, 15) is 0 Å². The number of benzene rings is 1. The molecule has 0 spiro atoms. The number of nitrogens with one attached hydrogen (secondary N) is 1. The maximum absolute atomic E-state index is 3.20. The first-order valence-electron chi connectivity index (χ1n) is 6.53. The number of rotatable bonds is 6. The van der Waals surface area contributed by atoms with Crippen molar-refractivity contribution in [2.24, 2.45) is 5.92 Å². The van der Waals surface area contributed by atoms with Crippen LogP contribution in [-0.2, 0) is 6.54 Å². The first-order chi connectivity index (χ1) is 8.08. The van der Waals surface area contributed by atoms with Crippen molar-refractivity contribution in [3.05, 3.63) is 29.3 Å². The second kappa shape index (κ2) is 6.65. The van der Waals surface area contributed by atoms with Crippen LogP contribution in [0.5, 0.6) is 0 Å². The first kappa shape index (κ1) is 14.0. The third kappa shape index (κ3) is 4.04. The van der Waals surface area contributed by atoms with Crippen LogP contribution >= 0.6 is 0 Å². The Balaban J connectivity index is 2.75. The van der Waals surface area contributed by atoms with E-state index in [1.165, 1.54) is 23.2 Å². The highest BCUT2D eigenvalue weighted by molar-refractivity contribution is 5.50. The molecule has 1 rings (SSSR count). The minimum Gasteiger partial charge on any atom is -0.374 e. The number of nitrogens with zero attached hydrogens (tertiary/aromatic N) is 1. The van der Waals surface area contributed by atoms with E-state index in [-0.39, 0.29) is 0 Å². The molecule has 0 radical (unpaired) electrons. The van der Waals surface area contributed by atoms with Gasteiger partial charge in [-0.05, 0) is 43.1 Å². The monoisotopic (exact) mass is 234 g/mol. The molecule has 0 heterocycles. The Morgan fingerprint density at radius 2 is 2.06 bits per heavy atom. The summed E-state index contributed by atoms with van der Waals surface area (Å²) in [5.41, 5.74) is 4.07. The summed E-state index contributed by atoms with van der Waals surface area (Å²) < 4.78 is 0. The van der Waals surface area contributed by atoms with Gasteiger partial charge in [0, 0.05) is 25.8 Å². The van der Waals surface area contributed by atoms with Crippen molar-refractivity contribution < 1.29 is 0 Å². The normalized spacial score (nSPS) is 12.5. The molecule has 0 bridgehead atoms. The Kier molecular flexibility index (Phi) is 5.49. The lowest BCUT2D eigenvalue weighted by Crippen LogP contribution is -2.23. The summed E-state index contributed by atoms with van der Waals surface area (Å²) in [6, 6.07) is 6.74. The number of hydrogen-bond donors (Lipinski definition) is 1. The minimum absolute atomic E-state index is 0.747. The largest absolute Gasteiger partial charge is 0.374 e. The van der Waals surface area contributed by atoms with E-state index in [4.69, 9.17) is 0 Å². The van der Waals surface area contributed by atoms with Gasteiger partial charge < -0.3 is 10.2 Å². The fourth-order valence-electron chi connectivity index (χ4n) is 2.01. The Labute approximate surface area is 106 Å². The van der Waals surface area contributed by atoms with Gasteiger partial charge in [0.1, 0.15) is 0 Å². The molecule has 1 aromatic rings. The third-order valence-corrected chi connectivity index (χ3v) is 3.42. The van der Waals surface area contributed by atoms with Gasteiger partial charge in [0.05, 0.1) is 0 Å². The molecule has 0 fully saturated rings. The lowest BCUT2D eigenvalue weighted by atomic mass is 10.1. The third-order valence-electron chi connectivity index (χ3n) is 3.42. The molecule has 0 aliphatic carbocycles. The van der Waals surface area contributed by atoms with Gasteiger partial charge in [-0.25, -0.2) is 0 Å². The van der Waals surface area contributed by atoms with E-state index >= 15 is 0 Å². The minimum atomic E-state index is 0.747. The van der Waals surface area contributed by atoms with E-state index in [0.717, 1.165) is 19.0 Å². The summed E-state index contributed by atoms with van der Waals surface area (Å²) >= 11 is 0. The molecule has 0 amide bonds. The molecule has 1 unspecified atom stereocenters. The van der Waals surface area contributed by atoms with Crippen LogP contribution in [0.15, 0.2) is 18.2 Å². The Morgan fingerprint density at radius 1 is 1.35 bits per heavy atom. The van der Waals surface area contributed by atoms with Crippen molar-refractivity contribution in [3.63, 3.8) is 0 Å². The Morgan fingerprint density at radius 3 is 2.59 bits per heavy atom. The van der Waals surface area contributed by atoms with E-state index < -0.39 is 0 Å². The van der Waals surface area contributed by atoms with Crippen molar-refractivity contribution in [2.75, 3.05) is 25.5 Å². The van der Waals surface area contributed by atoms with Gasteiger partial charge in [-0.1, -0.05) is 26.3 Å². The lowest BCUT2D eigenvalue weighted by molar-refractivity contribution is 0.560. The van der Waals surface area contributed by atoms with Gasteiger partial charge in [-0.15, -0.1) is 0 Å². The molecule has 1 aromatic carbocycles. The fraction of sp³-hybridized carbons (Fsp3) is 0.600. The van der Waals surface area contributed by atoms with Crippen LogP contribution in [0.25, 0.3) is 0 Å². The molecule has 0 aliphatic heterocycles. The second-order valence-corrected chi connectivity index (χ2v) is 5.04. The van der Waals surface area contributed by atoms with Gasteiger partial charge in [0.15, 0.2) is 0 Å². The predicted molar refractivity (Wildman–Crippen MR) is 76.7 cm³/mol. The molecule has 1 atom stereocenters. The average molecular weight is 234 g/mol. The summed E-state index contributed by atoms with van der Waals surface area (Å²) in [5, 5.41) is 3.20. The molecule has 0 saturated heterocycles. The van der Waals surface area contributed by atoms with Crippen LogP contribution < -0.4 is 10.2 Å². The van der Waals surface area contributed by atoms with Crippen LogP contribution in [0, 0.1) is 12.8 Å². The van der Waals surface area contributed by atoms with Gasteiger partial charge in [-0.2, -0.15) is 0 Å². The summed E-state index contributed by atoms with van der Waals surface area (Å²) in [6.45, 7) is 8.81. The van der Waals surface area contributed by atoms with Crippen LogP contribution in [-0.4, -0.2) is 20.6 Å². The van der Waals surface area contributed by atoms with Crippen molar-refractivity contribution in [1.29, 1.82) is 0 Å². The first-order valence-corrected chi connectivity index (χ1v) is 6.53. The quantitative estimate of drug-likeness (QED) is 0.813. The Hall–Kier alpha value is -1.02. The number of hydrogen-bond acceptors (Lipinski definition) is 2. The lowest BCUT2D eigenvalue weighted by Gasteiger charge is -2.23. The molecule has 2 heteroatoms. The number of anilines is 1. The summed E-state index contributed by atoms with van der Waals surface area (Å²) in [4.78, 5) is 2.35. The van der Waals surface area contributed by atoms with Gasteiger partial charge in [0.2, 0.25) is 0 Å². The van der Waals surface area contributed by atoms with Gasteiger partial charge in [0.25, 0.3) is 0 Å². The summed E-state index contributed by atoms with van der Waals surface area (Å²) in [6.07, 6.45) is 1.24. The molecule has 2 nitrogen and oxygen atoms in total. The molecule has 1 N–H and O–H groups in total. The molecular weight excluding hydrogens is 208 g/mol. The standard InChI is InChI=1S/C15H26N2/c1-6-12(2)11-17(5)15-8-7-14(10-16-4)13(3)9-15/h7-9,12,16H,6,10-11H2,1-5H3. The van der Waals surface area contributed by atoms with Crippen molar-refractivity contribution in [1.82, 2.24) is 5.32 Å². The highest BCUT2D eigenvalue weighted by atomic mass is 15.1. The molecule has 17 heavy (non-hydrogen) atoms. The molecule has 0 saturated carbocycles. The van der Waals surface area contributed by atoms with Crippen LogP contribution in [0.3, 0.4) is 0 Å². The zero-order valence-corrected chi connectivity index (χ0v) is 11.9. The van der Waals surface area contributed by atoms with Crippen molar-refractivity contribution in [3.8, 4) is 0 Å². The van der Waals surface area contributed by atoms with E-state index in [1.54, 1.807) is 0 Å². The van der Waals surface area contributed by atoms with E-state index in [1.807, 2.05) is 7.05 Å². The van der Waals surface area contributed by atoms with Crippen molar-refractivity contribution in [2.45, 2.75) is 33.7 Å². The van der Waals surface area contributed by atoms with E-state index in [0.29, 0.717) is 0 Å². The van der Waals surface area contributed by atoms with Crippen LogP contribution in [0.4, 0.5) is 5.69 Å². The average Bonchev–Trinajstić information content (AvgIpc) is 2.31. The Bertz CT molecular complexity index is 347. The fourth-order valence-corrected chi connectivity index (χ4v) is 2.01.